The number of ether oxygens (including phenoxy) is 2. The Morgan fingerprint density at radius 2 is 1.78 bits per heavy atom. The van der Waals surface area contributed by atoms with E-state index in [1.807, 2.05) is 44.2 Å². The molecule has 1 amide bonds. The molecule has 146 valence electrons. The molecule has 0 unspecified atom stereocenters. The van der Waals surface area contributed by atoms with Crippen molar-refractivity contribution in [1.82, 2.24) is 5.32 Å². The number of amides is 1. The summed E-state index contributed by atoms with van der Waals surface area (Å²) in [5.74, 6) is 0.780. The molecular weight excluding hydrogens is 364 g/mol. The lowest BCUT2D eigenvalue weighted by Crippen LogP contribution is -2.22. The smallest absolute Gasteiger partial charge is 0.262 e. The minimum Gasteiger partial charge on any atom is -0.490 e. The van der Waals surface area contributed by atoms with Crippen LogP contribution in [0.1, 0.15) is 31.9 Å². The van der Waals surface area contributed by atoms with E-state index in [2.05, 4.69) is 24.5 Å². The Bertz CT molecular complexity index is 761. The van der Waals surface area contributed by atoms with Crippen LogP contribution in [0.2, 0.25) is 5.02 Å². The van der Waals surface area contributed by atoms with E-state index in [0.29, 0.717) is 35.7 Å². The normalized spacial score (nSPS) is 10.7. The van der Waals surface area contributed by atoms with Gasteiger partial charge in [0, 0.05) is 29.4 Å². The van der Waals surface area contributed by atoms with Gasteiger partial charge in [0.15, 0.2) is 18.1 Å². The first-order valence-corrected chi connectivity index (χ1v) is 9.44. The zero-order valence-corrected chi connectivity index (χ0v) is 17.0. The molecule has 6 heteroatoms. The Hall–Kier alpha value is -2.24. The minimum absolute atomic E-state index is 0.131. The average molecular weight is 391 g/mol. The van der Waals surface area contributed by atoms with E-state index in [1.54, 1.807) is 6.07 Å². The molecule has 0 spiro atoms. The van der Waals surface area contributed by atoms with Gasteiger partial charge in [-0.25, -0.2) is 0 Å². The van der Waals surface area contributed by atoms with Crippen LogP contribution in [0.5, 0.6) is 11.5 Å². The number of hydrogen-bond donors (Lipinski definition) is 2. The molecule has 0 aliphatic rings. The fourth-order valence-electron chi connectivity index (χ4n) is 2.39. The molecule has 5 nitrogen and oxygen atoms in total. The lowest BCUT2D eigenvalue weighted by atomic mass is 10.2. The SMILES string of the molecule is CCOc1cc(CNC(C)C)c(Cl)cc1OCC(=O)Nc1ccc(C)cc1. The standard InChI is InChI=1S/C21H27ClN2O3/c1-5-26-19-10-16(12-23-14(2)3)18(22)11-20(19)27-13-21(25)24-17-8-6-15(4)7-9-17/h6-11,14,23H,5,12-13H2,1-4H3,(H,24,25). The van der Waals surface area contributed by atoms with Crippen LogP contribution in [-0.2, 0) is 11.3 Å². The highest BCUT2D eigenvalue weighted by Crippen LogP contribution is 2.33. The Kier molecular flexibility index (Phi) is 7.95. The Morgan fingerprint density at radius 3 is 2.41 bits per heavy atom. The van der Waals surface area contributed by atoms with E-state index in [9.17, 15) is 4.79 Å². The highest BCUT2D eigenvalue weighted by Gasteiger charge is 2.13. The molecule has 2 aromatic rings. The molecule has 0 heterocycles. The quantitative estimate of drug-likeness (QED) is 0.658. The van der Waals surface area contributed by atoms with E-state index in [4.69, 9.17) is 21.1 Å². The van der Waals surface area contributed by atoms with Crippen molar-refractivity contribution in [1.29, 1.82) is 0 Å². The first kappa shape index (κ1) is 21.1. The number of benzene rings is 2. The Balaban J connectivity index is 2.04. The van der Waals surface area contributed by atoms with E-state index in [0.717, 1.165) is 16.8 Å². The Labute approximate surface area is 166 Å². The van der Waals surface area contributed by atoms with Crippen LogP contribution >= 0.6 is 11.6 Å². The number of nitrogens with one attached hydrogen (secondary N) is 2. The van der Waals surface area contributed by atoms with Crippen LogP contribution in [-0.4, -0.2) is 25.2 Å². The molecule has 2 N–H and O–H groups in total. The number of carbonyl (C=O) groups is 1. The number of halogens is 1. The van der Waals surface area contributed by atoms with E-state index >= 15 is 0 Å². The van der Waals surface area contributed by atoms with Crippen molar-refractivity contribution >= 4 is 23.2 Å². The fraction of sp³-hybridized carbons (Fsp3) is 0.381. The van der Waals surface area contributed by atoms with Crippen molar-refractivity contribution in [3.8, 4) is 11.5 Å². The molecule has 0 aliphatic heterocycles. The first-order valence-electron chi connectivity index (χ1n) is 9.07. The lowest BCUT2D eigenvalue weighted by molar-refractivity contribution is -0.118. The molecule has 0 saturated heterocycles. The van der Waals surface area contributed by atoms with Crippen molar-refractivity contribution < 1.29 is 14.3 Å². The topological polar surface area (TPSA) is 59.6 Å². The van der Waals surface area contributed by atoms with Crippen molar-refractivity contribution in [2.45, 2.75) is 40.3 Å². The van der Waals surface area contributed by atoms with Crippen LogP contribution in [0.3, 0.4) is 0 Å². The minimum atomic E-state index is -0.247. The molecule has 0 aliphatic carbocycles. The number of carbonyl (C=O) groups excluding carboxylic acids is 1. The first-order chi connectivity index (χ1) is 12.9. The maximum atomic E-state index is 12.1. The molecule has 0 saturated carbocycles. The molecule has 0 bridgehead atoms. The molecule has 27 heavy (non-hydrogen) atoms. The van der Waals surface area contributed by atoms with Gasteiger partial charge < -0.3 is 20.1 Å². The summed E-state index contributed by atoms with van der Waals surface area (Å²) >= 11 is 6.37. The third kappa shape index (κ3) is 6.77. The zero-order valence-electron chi connectivity index (χ0n) is 16.3. The summed E-state index contributed by atoms with van der Waals surface area (Å²) in [6.45, 7) is 9.02. The van der Waals surface area contributed by atoms with Gasteiger partial charge in [0.2, 0.25) is 0 Å². The molecule has 2 rings (SSSR count). The van der Waals surface area contributed by atoms with E-state index in [1.165, 1.54) is 0 Å². The summed E-state index contributed by atoms with van der Waals surface area (Å²) < 4.78 is 11.3. The monoisotopic (exact) mass is 390 g/mol. The molecule has 0 radical (unpaired) electrons. The largest absolute Gasteiger partial charge is 0.490 e. The third-order valence-corrected chi connectivity index (χ3v) is 4.16. The molecular formula is C21H27ClN2O3. The van der Waals surface area contributed by atoms with Gasteiger partial charge in [-0.2, -0.15) is 0 Å². The van der Waals surface area contributed by atoms with Crippen LogP contribution in [0.25, 0.3) is 0 Å². The second-order valence-corrected chi connectivity index (χ2v) is 6.97. The number of anilines is 1. The van der Waals surface area contributed by atoms with Crippen molar-refractivity contribution in [2.24, 2.45) is 0 Å². The predicted molar refractivity (Wildman–Crippen MR) is 110 cm³/mol. The van der Waals surface area contributed by atoms with Gasteiger partial charge in [-0.1, -0.05) is 43.1 Å². The van der Waals surface area contributed by atoms with E-state index in [-0.39, 0.29) is 12.5 Å². The number of hydrogen-bond acceptors (Lipinski definition) is 4. The summed E-state index contributed by atoms with van der Waals surface area (Å²) in [6.07, 6.45) is 0. The molecule has 2 aromatic carbocycles. The summed E-state index contributed by atoms with van der Waals surface area (Å²) in [7, 11) is 0. The van der Waals surface area contributed by atoms with Crippen LogP contribution in [0.15, 0.2) is 36.4 Å². The van der Waals surface area contributed by atoms with Crippen molar-refractivity contribution in [3.05, 3.63) is 52.5 Å². The van der Waals surface area contributed by atoms with Crippen molar-refractivity contribution in [2.75, 3.05) is 18.5 Å². The second-order valence-electron chi connectivity index (χ2n) is 6.56. The molecule has 0 aromatic heterocycles. The lowest BCUT2D eigenvalue weighted by Gasteiger charge is -2.16. The fourth-order valence-corrected chi connectivity index (χ4v) is 2.61. The summed E-state index contributed by atoms with van der Waals surface area (Å²) in [5, 5.41) is 6.70. The van der Waals surface area contributed by atoms with Gasteiger partial charge in [0.05, 0.1) is 6.61 Å². The van der Waals surface area contributed by atoms with Gasteiger partial charge in [0.25, 0.3) is 5.91 Å². The highest BCUT2D eigenvalue weighted by molar-refractivity contribution is 6.31. The Morgan fingerprint density at radius 1 is 1.11 bits per heavy atom. The van der Waals surface area contributed by atoms with Gasteiger partial charge in [0.1, 0.15) is 0 Å². The van der Waals surface area contributed by atoms with Gasteiger partial charge in [-0.15, -0.1) is 0 Å². The maximum absolute atomic E-state index is 12.1. The van der Waals surface area contributed by atoms with Gasteiger partial charge in [-0.3, -0.25) is 4.79 Å². The number of rotatable bonds is 9. The zero-order chi connectivity index (χ0) is 19.8. The van der Waals surface area contributed by atoms with E-state index < -0.39 is 0 Å². The van der Waals surface area contributed by atoms with Crippen LogP contribution in [0.4, 0.5) is 5.69 Å². The van der Waals surface area contributed by atoms with Crippen LogP contribution < -0.4 is 20.1 Å². The summed E-state index contributed by atoms with van der Waals surface area (Å²) in [5.41, 5.74) is 2.78. The summed E-state index contributed by atoms with van der Waals surface area (Å²) in [6, 6.07) is 11.5. The van der Waals surface area contributed by atoms with Gasteiger partial charge >= 0.3 is 0 Å². The second kappa shape index (κ2) is 10.2. The maximum Gasteiger partial charge on any atom is 0.262 e. The average Bonchev–Trinajstić information content (AvgIpc) is 2.62. The third-order valence-electron chi connectivity index (χ3n) is 3.81. The van der Waals surface area contributed by atoms with Crippen LogP contribution in [0, 0.1) is 6.92 Å². The van der Waals surface area contributed by atoms with Crippen molar-refractivity contribution in [3.63, 3.8) is 0 Å². The summed E-state index contributed by atoms with van der Waals surface area (Å²) in [4.78, 5) is 12.1. The highest BCUT2D eigenvalue weighted by atomic mass is 35.5. The number of aryl methyl sites for hydroxylation is 1. The molecule has 0 fully saturated rings. The predicted octanol–water partition coefficient (Wildman–Crippen LogP) is 4.56. The molecule has 0 atom stereocenters. The van der Waals surface area contributed by atoms with Gasteiger partial charge in [-0.05, 0) is 37.6 Å².